The molecular weight excluding hydrogens is 1350 g/mol. The molecule has 0 radical (unpaired) electrons. The van der Waals surface area contributed by atoms with E-state index in [1.807, 2.05) is 92.8 Å². The fourth-order valence-electron chi connectivity index (χ4n) is 11.2. The first-order valence-electron chi connectivity index (χ1n) is 30.4. The maximum atomic E-state index is 14.1. The molecule has 0 unspecified atom stereocenters. The molecule has 0 aliphatic rings. The van der Waals surface area contributed by atoms with Crippen LogP contribution >= 0.6 is 15.8 Å². The van der Waals surface area contributed by atoms with Gasteiger partial charge in [0.25, 0.3) is 0 Å². The van der Waals surface area contributed by atoms with E-state index in [-0.39, 0.29) is 31.0 Å². The van der Waals surface area contributed by atoms with E-state index < -0.39 is 27.7 Å². The molecule has 6 nitrogen and oxygen atoms in total. The molecule has 0 spiro atoms. The molecule has 456 valence electrons. The molecule has 0 fully saturated rings. The van der Waals surface area contributed by atoms with E-state index in [0.717, 1.165) is 60.9 Å². The molecule has 14 aromatic rings. The summed E-state index contributed by atoms with van der Waals surface area (Å²) in [6, 6.07) is 94.6. The van der Waals surface area contributed by atoms with Crippen molar-refractivity contribution in [1.82, 2.24) is 30.4 Å². The summed E-state index contributed by atoms with van der Waals surface area (Å²) in [7, 11) is -1.09. The molecule has 0 amide bonds. The van der Waals surface area contributed by atoms with Gasteiger partial charge in [0.2, 0.25) is 0 Å². The van der Waals surface area contributed by atoms with Crippen LogP contribution in [-0.4, -0.2) is 33.5 Å². The van der Waals surface area contributed by atoms with Crippen molar-refractivity contribution in [3.05, 3.63) is 314 Å². The molecule has 0 aliphatic heterocycles. The standard InChI is InChI=1S/C28H24N3.C26H17F3N3.2C13H13P.Os/c1-18(2)22-14-13-21-15-16-29-27(25(21)17-22)28-26(19(3)30-31-28)24-12-8-7-11-23(24)20-9-5-4-6-10-20;1-16-11-12-18-13-14-30-23(21(18)15-16)24-22(25(32-31-24)26(27,28)29)20-10-6-5-9-19(20)17-7-3-2-4-8-17;2*1-14(12-8-4-2-5-9-12)13-10-6-3-7-11-13;/h4-18H,1-3H3;2-15H,1H3;2*2-11H,1H3;/q2*-1;;;+2/p+2. The number of benzene rings is 10. The van der Waals surface area contributed by atoms with Gasteiger partial charge in [-0.15, -0.1) is 0 Å². The number of rotatable bonds is 11. The van der Waals surface area contributed by atoms with Crippen molar-refractivity contribution in [1.29, 1.82) is 0 Å². The molecule has 0 aliphatic carbocycles. The molecule has 92 heavy (non-hydrogen) atoms. The van der Waals surface area contributed by atoms with Gasteiger partial charge in [0.1, 0.15) is 5.69 Å². The van der Waals surface area contributed by atoms with Gasteiger partial charge in [-0.3, -0.25) is 9.97 Å². The quantitative estimate of drug-likeness (QED) is 0.120. The summed E-state index contributed by atoms with van der Waals surface area (Å²) >= 11 is 0. The van der Waals surface area contributed by atoms with Gasteiger partial charge >= 0.3 is 26.0 Å². The third-order valence-corrected chi connectivity index (χ3v) is 20.9. The smallest absolute Gasteiger partial charge is 0.573 e. The van der Waals surface area contributed by atoms with E-state index in [9.17, 15) is 13.2 Å². The van der Waals surface area contributed by atoms with Crippen LogP contribution in [0.3, 0.4) is 0 Å². The fourth-order valence-corrected chi connectivity index (χ4v) is 14.7. The number of nitrogens with zero attached hydrogens (tertiary/aromatic N) is 6. The number of halogens is 3. The number of pyridine rings is 2. The molecule has 4 heterocycles. The second-order valence-electron chi connectivity index (χ2n) is 22.5. The summed E-state index contributed by atoms with van der Waals surface area (Å²) in [5, 5.41) is 26.5. The summed E-state index contributed by atoms with van der Waals surface area (Å²) in [5.41, 5.74) is 10.8. The maximum Gasteiger partial charge on any atom is 2.00 e. The molecule has 4 aromatic heterocycles. The Labute approximate surface area is 552 Å². The average Bonchev–Trinajstić information content (AvgIpc) is 1.53. The van der Waals surface area contributed by atoms with E-state index in [1.54, 1.807) is 18.3 Å². The first kappa shape index (κ1) is 65.7. The molecule has 0 saturated carbocycles. The van der Waals surface area contributed by atoms with Crippen LogP contribution in [0.1, 0.15) is 42.3 Å². The zero-order valence-corrected chi connectivity index (χ0v) is 56.5. The van der Waals surface area contributed by atoms with Crippen LogP contribution in [0.2, 0.25) is 0 Å². The minimum Gasteiger partial charge on any atom is -0.573 e. The largest absolute Gasteiger partial charge is 2.00 e. The topological polar surface area (TPSA) is 79.8 Å². The number of hydrogen-bond acceptors (Lipinski definition) is 4. The molecule has 12 heteroatoms. The maximum absolute atomic E-state index is 14.1. The van der Waals surface area contributed by atoms with E-state index in [2.05, 4.69) is 247 Å². The first-order chi connectivity index (χ1) is 44.3. The zero-order valence-electron chi connectivity index (χ0n) is 52.0. The van der Waals surface area contributed by atoms with Gasteiger partial charge in [-0.05, 0) is 153 Å². The van der Waals surface area contributed by atoms with Gasteiger partial charge in [0, 0.05) is 28.9 Å². The Hall–Kier alpha value is -9.27. The predicted molar refractivity (Wildman–Crippen MR) is 380 cm³/mol. The summed E-state index contributed by atoms with van der Waals surface area (Å²) in [5.74, 6) is 0.447. The van der Waals surface area contributed by atoms with Crippen LogP contribution in [0.25, 0.3) is 88.8 Å². The van der Waals surface area contributed by atoms with Crippen LogP contribution in [0, 0.1) is 13.8 Å². The van der Waals surface area contributed by atoms with Crippen molar-refractivity contribution < 1.29 is 33.0 Å². The molecule has 14 rings (SSSR count). The summed E-state index contributed by atoms with van der Waals surface area (Å²) in [6.07, 6.45) is -1.21. The Morgan fingerprint density at radius 1 is 0.391 bits per heavy atom. The number of fused-ring (bicyclic) bond motifs is 2. The molecular formula is C80H69F3N6OsP2+2. The summed E-state index contributed by atoms with van der Waals surface area (Å²) in [4.78, 5) is 9.21. The van der Waals surface area contributed by atoms with E-state index in [4.69, 9.17) is 4.98 Å². The predicted octanol–water partition coefficient (Wildman–Crippen LogP) is 18.9. The van der Waals surface area contributed by atoms with Gasteiger partial charge in [-0.25, -0.2) is 0 Å². The second kappa shape index (κ2) is 30.7. The summed E-state index contributed by atoms with van der Waals surface area (Å²) in [6.45, 7) is 13.1. The Bertz CT molecular complexity index is 4500. The van der Waals surface area contributed by atoms with E-state index in [0.29, 0.717) is 22.7 Å². The Morgan fingerprint density at radius 2 is 0.750 bits per heavy atom. The molecule has 0 N–H and O–H groups in total. The van der Waals surface area contributed by atoms with Crippen LogP contribution < -0.4 is 31.4 Å². The molecule has 10 aromatic carbocycles. The van der Waals surface area contributed by atoms with Crippen molar-refractivity contribution >= 4 is 58.6 Å². The third kappa shape index (κ3) is 15.4. The van der Waals surface area contributed by atoms with Gasteiger partial charge in [-0.2, -0.15) is 13.2 Å². The molecule has 0 saturated heterocycles. The van der Waals surface area contributed by atoms with Crippen LogP contribution in [-0.2, 0) is 26.0 Å². The van der Waals surface area contributed by atoms with Gasteiger partial charge in [0.05, 0.1) is 61.8 Å². The average molecular weight is 1420 g/mol. The van der Waals surface area contributed by atoms with Crippen LogP contribution in [0.5, 0.6) is 0 Å². The number of aryl methyl sites for hydroxylation is 2. The van der Waals surface area contributed by atoms with Crippen molar-refractivity contribution in [2.45, 2.75) is 39.8 Å². The SMILES string of the molecule is C[PH+](c1ccccc1)c1ccccc1.C[PH+](c1ccccc1)c1ccccc1.Cc1ccc2ccnc(-c3[n-]nc(C(F)(F)F)c3-c3ccccc3-c3ccccc3)c2c1.Cc1n[n-]c(-c2nccc3ccc(C(C)C)cc23)c1-c1ccccc1-c1ccccc1.[Os+2]. The number of alkyl halides is 3. The van der Waals surface area contributed by atoms with Gasteiger partial charge in [0.15, 0.2) is 0 Å². The second-order valence-corrected chi connectivity index (χ2v) is 27.3. The third-order valence-electron chi connectivity index (χ3n) is 16.1. The van der Waals surface area contributed by atoms with Crippen molar-refractivity contribution in [2.75, 3.05) is 13.3 Å². The zero-order chi connectivity index (χ0) is 63.3. The van der Waals surface area contributed by atoms with Crippen LogP contribution in [0.15, 0.2) is 291 Å². The number of aromatic nitrogens is 6. The van der Waals surface area contributed by atoms with E-state index >= 15 is 0 Å². The van der Waals surface area contributed by atoms with Crippen LogP contribution in [0.4, 0.5) is 13.2 Å². The van der Waals surface area contributed by atoms with Crippen molar-refractivity contribution in [2.24, 2.45) is 0 Å². The Kier molecular flexibility index (Phi) is 21.9. The monoisotopic (exact) mass is 1420 g/mol. The molecule has 0 bridgehead atoms. The normalized spacial score (nSPS) is 11.1. The van der Waals surface area contributed by atoms with E-state index in [1.165, 1.54) is 37.9 Å². The van der Waals surface area contributed by atoms with Gasteiger partial charge < -0.3 is 20.4 Å². The Balaban J connectivity index is 0.000000143. The summed E-state index contributed by atoms with van der Waals surface area (Å²) < 4.78 is 42.2. The first-order valence-corrected chi connectivity index (χ1v) is 34.4. The van der Waals surface area contributed by atoms with Crippen molar-refractivity contribution in [3.8, 4) is 67.3 Å². The molecule has 0 atom stereocenters. The fraction of sp³-hybridized carbons (Fsp3) is 0.100. The van der Waals surface area contributed by atoms with Gasteiger partial charge in [-0.1, -0.05) is 237 Å². The Morgan fingerprint density at radius 3 is 1.17 bits per heavy atom. The minimum atomic E-state index is -4.66. The van der Waals surface area contributed by atoms with Crippen molar-refractivity contribution in [3.63, 3.8) is 0 Å². The minimum absolute atomic E-state index is 0. The number of hydrogen-bond donors (Lipinski definition) is 0.